The van der Waals surface area contributed by atoms with Crippen LogP contribution in [0.4, 0.5) is 0 Å². The van der Waals surface area contributed by atoms with Crippen LogP contribution >= 0.6 is 0 Å². The van der Waals surface area contributed by atoms with E-state index in [-0.39, 0.29) is 6.04 Å². The maximum Gasteiger partial charge on any atom is 0.161 e. The van der Waals surface area contributed by atoms with Crippen molar-refractivity contribution in [2.45, 2.75) is 26.3 Å². The van der Waals surface area contributed by atoms with Crippen LogP contribution in [0.1, 0.15) is 36.6 Å². The molecule has 0 aromatic heterocycles. The summed E-state index contributed by atoms with van der Waals surface area (Å²) in [6, 6.07) is 15.1. The normalized spacial score (nSPS) is 16.9. The second kappa shape index (κ2) is 6.84. The van der Waals surface area contributed by atoms with Crippen LogP contribution in [-0.2, 0) is 6.42 Å². The molecule has 0 saturated heterocycles. The second-order valence-electron chi connectivity index (χ2n) is 5.41. The third-order valence-corrected chi connectivity index (χ3v) is 3.99. The number of fused-ring (bicyclic) bond motifs is 1. The van der Waals surface area contributed by atoms with Crippen LogP contribution in [-0.4, -0.2) is 19.8 Å². The Balaban J connectivity index is 2.03. The zero-order chi connectivity index (χ0) is 15.4. The molecule has 22 heavy (non-hydrogen) atoms. The Bertz CT molecular complexity index is 625. The first-order chi connectivity index (χ1) is 10.8. The van der Waals surface area contributed by atoms with E-state index in [1.165, 1.54) is 16.7 Å². The van der Waals surface area contributed by atoms with Crippen molar-refractivity contribution in [2.75, 3.05) is 19.8 Å². The fraction of sp³-hybridized carbons (Fsp3) is 0.368. The molecule has 1 N–H and O–H groups in total. The van der Waals surface area contributed by atoms with Crippen LogP contribution in [0.2, 0.25) is 0 Å². The highest BCUT2D eigenvalue weighted by Gasteiger charge is 2.23. The summed E-state index contributed by atoms with van der Waals surface area (Å²) < 4.78 is 11.5. The van der Waals surface area contributed by atoms with E-state index in [1.54, 1.807) is 0 Å². The van der Waals surface area contributed by atoms with Crippen molar-refractivity contribution in [2.24, 2.45) is 0 Å². The number of rotatable bonds is 5. The third kappa shape index (κ3) is 2.95. The van der Waals surface area contributed by atoms with Crippen LogP contribution in [0.5, 0.6) is 11.5 Å². The second-order valence-corrected chi connectivity index (χ2v) is 5.41. The first-order valence-corrected chi connectivity index (χ1v) is 8.04. The summed E-state index contributed by atoms with van der Waals surface area (Å²) in [6.45, 7) is 6.28. The van der Waals surface area contributed by atoms with Gasteiger partial charge in [0.2, 0.25) is 0 Å². The molecular weight excluding hydrogens is 274 g/mol. The Morgan fingerprint density at radius 2 is 1.68 bits per heavy atom. The summed E-state index contributed by atoms with van der Waals surface area (Å²) in [5.74, 6) is 1.70. The van der Waals surface area contributed by atoms with Crippen molar-refractivity contribution in [3.8, 4) is 11.5 Å². The van der Waals surface area contributed by atoms with Crippen molar-refractivity contribution in [1.29, 1.82) is 0 Å². The number of nitrogens with one attached hydrogen (secondary N) is 1. The van der Waals surface area contributed by atoms with Crippen molar-refractivity contribution in [3.05, 3.63) is 59.2 Å². The van der Waals surface area contributed by atoms with Gasteiger partial charge in [0.15, 0.2) is 11.5 Å². The van der Waals surface area contributed by atoms with Crippen molar-refractivity contribution in [1.82, 2.24) is 5.32 Å². The van der Waals surface area contributed by atoms with Gasteiger partial charge in [-0.1, -0.05) is 30.3 Å². The maximum atomic E-state index is 5.79. The van der Waals surface area contributed by atoms with E-state index in [1.807, 2.05) is 13.8 Å². The van der Waals surface area contributed by atoms with Crippen LogP contribution in [0.15, 0.2) is 42.5 Å². The monoisotopic (exact) mass is 297 g/mol. The minimum Gasteiger partial charge on any atom is -0.490 e. The zero-order valence-corrected chi connectivity index (χ0v) is 13.3. The molecule has 0 spiro atoms. The summed E-state index contributed by atoms with van der Waals surface area (Å²) in [7, 11) is 0. The van der Waals surface area contributed by atoms with Crippen LogP contribution < -0.4 is 14.8 Å². The summed E-state index contributed by atoms with van der Waals surface area (Å²) in [4.78, 5) is 0. The molecule has 1 heterocycles. The number of hydrogen-bond donors (Lipinski definition) is 1. The van der Waals surface area contributed by atoms with Crippen LogP contribution in [0, 0.1) is 0 Å². The van der Waals surface area contributed by atoms with Crippen molar-refractivity contribution >= 4 is 0 Å². The molecule has 0 amide bonds. The van der Waals surface area contributed by atoms with Crippen LogP contribution in [0.3, 0.4) is 0 Å². The Kier molecular flexibility index (Phi) is 4.64. The van der Waals surface area contributed by atoms with E-state index in [2.05, 4.69) is 47.8 Å². The third-order valence-electron chi connectivity index (χ3n) is 3.99. The molecule has 0 aliphatic carbocycles. The summed E-state index contributed by atoms with van der Waals surface area (Å²) >= 11 is 0. The zero-order valence-electron chi connectivity index (χ0n) is 13.3. The highest BCUT2D eigenvalue weighted by atomic mass is 16.5. The average molecular weight is 297 g/mol. The van der Waals surface area contributed by atoms with Gasteiger partial charge in [0.1, 0.15) is 0 Å². The minimum atomic E-state index is 0.222. The predicted octanol–water partition coefficient (Wildman–Crippen LogP) is 3.72. The van der Waals surface area contributed by atoms with Gasteiger partial charge in [-0.2, -0.15) is 0 Å². The van der Waals surface area contributed by atoms with E-state index in [0.29, 0.717) is 13.2 Å². The van der Waals surface area contributed by atoms with E-state index in [9.17, 15) is 0 Å². The molecule has 2 aromatic carbocycles. The Morgan fingerprint density at radius 3 is 2.36 bits per heavy atom. The molecule has 3 heteroatoms. The lowest BCUT2D eigenvalue weighted by molar-refractivity contribution is 0.286. The largest absolute Gasteiger partial charge is 0.490 e. The van der Waals surface area contributed by atoms with Gasteiger partial charge in [0.25, 0.3) is 0 Å². The van der Waals surface area contributed by atoms with Gasteiger partial charge in [0.05, 0.1) is 19.3 Å². The lowest BCUT2D eigenvalue weighted by atomic mass is 9.89. The first-order valence-electron chi connectivity index (χ1n) is 8.04. The SMILES string of the molecule is CCOc1cc2c(cc1OCC)C(c1ccccc1)NCC2. The Hall–Kier alpha value is -2.00. The Morgan fingerprint density at radius 1 is 1.00 bits per heavy atom. The van der Waals surface area contributed by atoms with E-state index in [0.717, 1.165) is 24.5 Å². The van der Waals surface area contributed by atoms with Crippen molar-refractivity contribution < 1.29 is 9.47 Å². The standard InChI is InChI=1S/C19H23NO2/c1-3-21-17-12-15-10-11-20-19(14-8-6-5-7-9-14)16(15)13-18(17)22-4-2/h5-9,12-13,19-20H,3-4,10-11H2,1-2H3. The lowest BCUT2D eigenvalue weighted by Gasteiger charge is -2.28. The first kappa shape index (κ1) is 14.9. The van der Waals surface area contributed by atoms with E-state index in [4.69, 9.17) is 9.47 Å². The van der Waals surface area contributed by atoms with Crippen molar-refractivity contribution in [3.63, 3.8) is 0 Å². The molecule has 3 rings (SSSR count). The number of benzene rings is 2. The molecule has 0 saturated carbocycles. The van der Waals surface area contributed by atoms with E-state index < -0.39 is 0 Å². The van der Waals surface area contributed by atoms with E-state index >= 15 is 0 Å². The van der Waals surface area contributed by atoms with Gasteiger partial charge in [-0.15, -0.1) is 0 Å². The van der Waals surface area contributed by atoms with Crippen LogP contribution in [0.25, 0.3) is 0 Å². The predicted molar refractivity (Wildman–Crippen MR) is 88.8 cm³/mol. The highest BCUT2D eigenvalue weighted by molar-refractivity contribution is 5.51. The van der Waals surface area contributed by atoms with Gasteiger partial charge in [-0.25, -0.2) is 0 Å². The molecule has 1 aliphatic rings. The number of hydrogen-bond acceptors (Lipinski definition) is 3. The molecule has 0 radical (unpaired) electrons. The molecule has 1 unspecified atom stereocenters. The highest BCUT2D eigenvalue weighted by Crippen LogP contribution is 2.37. The van der Waals surface area contributed by atoms with Gasteiger partial charge in [-0.3, -0.25) is 0 Å². The molecule has 3 nitrogen and oxygen atoms in total. The van der Waals surface area contributed by atoms with Gasteiger partial charge in [0, 0.05) is 6.54 Å². The molecule has 1 atom stereocenters. The molecule has 2 aromatic rings. The molecule has 116 valence electrons. The summed E-state index contributed by atoms with van der Waals surface area (Å²) in [6.07, 6.45) is 1.02. The topological polar surface area (TPSA) is 30.5 Å². The molecule has 0 bridgehead atoms. The minimum absolute atomic E-state index is 0.222. The smallest absolute Gasteiger partial charge is 0.161 e. The average Bonchev–Trinajstić information content (AvgIpc) is 2.56. The fourth-order valence-electron chi connectivity index (χ4n) is 3.04. The van der Waals surface area contributed by atoms with Gasteiger partial charge >= 0.3 is 0 Å². The lowest BCUT2D eigenvalue weighted by Crippen LogP contribution is -2.30. The number of ether oxygens (including phenoxy) is 2. The molecule has 1 aliphatic heterocycles. The fourth-order valence-corrected chi connectivity index (χ4v) is 3.04. The summed E-state index contributed by atoms with van der Waals surface area (Å²) in [5.41, 5.74) is 3.93. The molecular formula is C19H23NO2. The Labute approximate surface area is 132 Å². The maximum absolute atomic E-state index is 5.79. The summed E-state index contributed by atoms with van der Waals surface area (Å²) in [5, 5.41) is 3.62. The quantitative estimate of drug-likeness (QED) is 0.912. The van der Waals surface area contributed by atoms with Gasteiger partial charge in [-0.05, 0) is 49.1 Å². The molecule has 0 fully saturated rings. The van der Waals surface area contributed by atoms with Gasteiger partial charge < -0.3 is 14.8 Å².